The number of carbonyl (C=O) groups is 3. The Bertz CT molecular complexity index is 944. The minimum Gasteiger partial charge on any atom is -0.322 e. The highest BCUT2D eigenvalue weighted by atomic mass is 127. The fourth-order valence-electron chi connectivity index (χ4n) is 3.97. The smallest absolute Gasteiger partial charge is 0.271 e. The molecule has 0 bridgehead atoms. The molecular weight excluding hydrogens is 457 g/mol. The third kappa shape index (κ3) is 2.63. The van der Waals surface area contributed by atoms with Crippen molar-refractivity contribution in [2.45, 2.75) is 25.4 Å². The SMILES string of the molecule is CCN1C(=O)c2ccccc2N2C(=O)CC[C@@]12C(=O)Nc1ccc(I)cc1. The van der Waals surface area contributed by atoms with Crippen LogP contribution in [0, 0.1) is 3.57 Å². The van der Waals surface area contributed by atoms with Crippen molar-refractivity contribution < 1.29 is 14.4 Å². The van der Waals surface area contributed by atoms with Crippen LogP contribution in [0.25, 0.3) is 0 Å². The Morgan fingerprint density at radius 3 is 2.56 bits per heavy atom. The van der Waals surface area contributed by atoms with E-state index in [9.17, 15) is 14.4 Å². The molecule has 3 amide bonds. The summed E-state index contributed by atoms with van der Waals surface area (Å²) >= 11 is 2.19. The second kappa shape index (κ2) is 6.63. The molecule has 1 saturated heterocycles. The van der Waals surface area contributed by atoms with Crippen LogP contribution in [0.1, 0.15) is 30.1 Å². The van der Waals surface area contributed by atoms with E-state index in [1.165, 1.54) is 9.80 Å². The largest absolute Gasteiger partial charge is 0.322 e. The van der Waals surface area contributed by atoms with Gasteiger partial charge in [-0.1, -0.05) is 12.1 Å². The lowest BCUT2D eigenvalue weighted by Gasteiger charge is -2.48. The van der Waals surface area contributed by atoms with Gasteiger partial charge in [0.1, 0.15) is 0 Å². The summed E-state index contributed by atoms with van der Waals surface area (Å²) in [4.78, 5) is 42.3. The van der Waals surface area contributed by atoms with Gasteiger partial charge in [-0.25, -0.2) is 0 Å². The average Bonchev–Trinajstić information content (AvgIpc) is 3.02. The number of carbonyl (C=O) groups excluding carboxylic acids is 3. The van der Waals surface area contributed by atoms with Gasteiger partial charge < -0.3 is 10.2 Å². The summed E-state index contributed by atoms with van der Waals surface area (Å²) in [7, 11) is 0. The van der Waals surface area contributed by atoms with Crippen molar-refractivity contribution in [2.24, 2.45) is 0 Å². The molecule has 2 aromatic rings. The highest BCUT2D eigenvalue weighted by molar-refractivity contribution is 14.1. The second-order valence-electron chi connectivity index (χ2n) is 6.57. The van der Waals surface area contributed by atoms with Crippen molar-refractivity contribution in [3.05, 3.63) is 57.7 Å². The molecule has 1 N–H and O–H groups in total. The van der Waals surface area contributed by atoms with E-state index in [1.54, 1.807) is 24.3 Å². The van der Waals surface area contributed by atoms with Gasteiger partial charge in [-0.2, -0.15) is 0 Å². The lowest BCUT2D eigenvalue weighted by Crippen LogP contribution is -2.69. The minimum atomic E-state index is -1.33. The Labute approximate surface area is 170 Å². The molecule has 0 spiro atoms. The van der Waals surface area contributed by atoms with Gasteiger partial charge in [-0.05, 0) is 65.9 Å². The number of nitrogens with zero attached hydrogens (tertiary/aromatic N) is 2. The molecule has 2 aliphatic rings. The maximum absolute atomic E-state index is 13.4. The summed E-state index contributed by atoms with van der Waals surface area (Å²) in [5.41, 5.74) is 0.261. The maximum atomic E-state index is 13.4. The quantitative estimate of drug-likeness (QED) is 0.694. The van der Waals surface area contributed by atoms with E-state index in [4.69, 9.17) is 0 Å². The van der Waals surface area contributed by atoms with Crippen LogP contribution < -0.4 is 10.2 Å². The molecule has 0 unspecified atom stereocenters. The van der Waals surface area contributed by atoms with E-state index < -0.39 is 5.66 Å². The van der Waals surface area contributed by atoms with Crippen molar-refractivity contribution in [1.29, 1.82) is 0 Å². The molecule has 4 rings (SSSR count). The number of para-hydroxylation sites is 1. The van der Waals surface area contributed by atoms with Gasteiger partial charge in [0.25, 0.3) is 11.8 Å². The zero-order valence-electron chi connectivity index (χ0n) is 14.7. The molecule has 0 radical (unpaired) electrons. The van der Waals surface area contributed by atoms with E-state index in [2.05, 4.69) is 27.9 Å². The van der Waals surface area contributed by atoms with Crippen molar-refractivity contribution >= 4 is 51.7 Å². The first-order valence-electron chi connectivity index (χ1n) is 8.80. The van der Waals surface area contributed by atoms with Crippen LogP contribution in [0.15, 0.2) is 48.5 Å². The van der Waals surface area contributed by atoms with E-state index in [-0.39, 0.29) is 30.6 Å². The summed E-state index contributed by atoms with van der Waals surface area (Å²) in [6.07, 6.45) is 0.494. The van der Waals surface area contributed by atoms with Gasteiger partial charge in [0.15, 0.2) is 0 Å². The number of benzene rings is 2. The lowest BCUT2D eigenvalue weighted by molar-refractivity contribution is -0.128. The maximum Gasteiger partial charge on any atom is 0.271 e. The molecule has 0 saturated carbocycles. The molecule has 0 aliphatic carbocycles. The predicted octanol–water partition coefficient (Wildman–Crippen LogP) is 3.23. The number of amides is 3. The van der Waals surface area contributed by atoms with Crippen LogP contribution in [0.4, 0.5) is 11.4 Å². The Morgan fingerprint density at radius 2 is 1.85 bits per heavy atom. The number of fused-ring (bicyclic) bond motifs is 3. The van der Waals surface area contributed by atoms with Crippen molar-refractivity contribution in [1.82, 2.24) is 4.90 Å². The number of hydrogen-bond acceptors (Lipinski definition) is 3. The zero-order valence-corrected chi connectivity index (χ0v) is 16.9. The van der Waals surface area contributed by atoms with Crippen LogP contribution in [-0.4, -0.2) is 34.8 Å². The topological polar surface area (TPSA) is 69.7 Å². The van der Waals surface area contributed by atoms with E-state index in [0.717, 1.165) is 3.57 Å². The second-order valence-corrected chi connectivity index (χ2v) is 7.82. The molecule has 2 aliphatic heterocycles. The molecule has 138 valence electrons. The van der Waals surface area contributed by atoms with Crippen molar-refractivity contribution in [2.75, 3.05) is 16.8 Å². The van der Waals surface area contributed by atoms with Gasteiger partial charge in [-0.3, -0.25) is 19.3 Å². The number of halogens is 1. The highest BCUT2D eigenvalue weighted by Gasteiger charge is 2.60. The highest BCUT2D eigenvalue weighted by Crippen LogP contribution is 2.44. The molecule has 2 heterocycles. The van der Waals surface area contributed by atoms with Crippen LogP contribution >= 0.6 is 22.6 Å². The summed E-state index contributed by atoms with van der Waals surface area (Å²) in [6.45, 7) is 2.16. The molecule has 6 nitrogen and oxygen atoms in total. The average molecular weight is 475 g/mol. The first-order valence-corrected chi connectivity index (χ1v) is 9.88. The van der Waals surface area contributed by atoms with Crippen LogP contribution in [-0.2, 0) is 9.59 Å². The first-order chi connectivity index (χ1) is 13.0. The third-order valence-electron chi connectivity index (χ3n) is 5.16. The summed E-state index contributed by atoms with van der Waals surface area (Å²) in [5, 5.41) is 2.91. The molecular formula is C20H18IN3O3. The zero-order chi connectivity index (χ0) is 19.2. The Hall–Kier alpha value is -2.42. The van der Waals surface area contributed by atoms with Crippen LogP contribution in [0.3, 0.4) is 0 Å². The number of hydrogen-bond donors (Lipinski definition) is 1. The van der Waals surface area contributed by atoms with E-state index >= 15 is 0 Å². The number of rotatable bonds is 3. The lowest BCUT2D eigenvalue weighted by atomic mass is 9.95. The minimum absolute atomic E-state index is 0.147. The van der Waals surface area contributed by atoms with E-state index in [1.807, 2.05) is 31.2 Å². The van der Waals surface area contributed by atoms with Gasteiger partial charge >= 0.3 is 0 Å². The van der Waals surface area contributed by atoms with Crippen LogP contribution in [0.5, 0.6) is 0 Å². The van der Waals surface area contributed by atoms with Crippen LogP contribution in [0.2, 0.25) is 0 Å². The normalized spacial score (nSPS) is 21.1. The summed E-state index contributed by atoms with van der Waals surface area (Å²) < 4.78 is 1.05. The Morgan fingerprint density at radius 1 is 1.15 bits per heavy atom. The molecule has 1 atom stereocenters. The number of anilines is 2. The van der Waals surface area contributed by atoms with Gasteiger partial charge in [0, 0.05) is 28.6 Å². The predicted molar refractivity (Wildman–Crippen MR) is 110 cm³/mol. The van der Waals surface area contributed by atoms with Crippen molar-refractivity contribution in [3.8, 4) is 0 Å². The van der Waals surface area contributed by atoms with E-state index in [0.29, 0.717) is 23.5 Å². The number of likely N-dealkylation sites (N-methyl/N-ethyl adjacent to an activating group) is 1. The summed E-state index contributed by atoms with van der Waals surface area (Å²) in [6, 6.07) is 14.4. The Balaban J connectivity index is 1.82. The fourth-order valence-corrected chi connectivity index (χ4v) is 4.33. The molecule has 2 aromatic carbocycles. The first kappa shape index (κ1) is 18.0. The van der Waals surface area contributed by atoms with Gasteiger partial charge in [-0.15, -0.1) is 0 Å². The molecule has 7 heteroatoms. The van der Waals surface area contributed by atoms with Gasteiger partial charge in [0.2, 0.25) is 11.6 Å². The Kier molecular flexibility index (Phi) is 4.41. The molecule has 1 fully saturated rings. The third-order valence-corrected chi connectivity index (χ3v) is 5.87. The van der Waals surface area contributed by atoms with Gasteiger partial charge in [0.05, 0.1) is 11.3 Å². The van der Waals surface area contributed by atoms with Crippen molar-refractivity contribution in [3.63, 3.8) is 0 Å². The standard InChI is InChI=1S/C20H18IN3O3/c1-2-23-18(26)15-5-3-4-6-16(15)24-17(25)11-12-20(23,24)19(27)22-14-9-7-13(21)8-10-14/h3-10H,2,11-12H2,1H3,(H,22,27)/t20-/m1/s1. The number of nitrogens with one attached hydrogen (secondary N) is 1. The molecule has 0 aromatic heterocycles. The fraction of sp³-hybridized carbons (Fsp3) is 0.250. The molecule has 27 heavy (non-hydrogen) atoms. The monoisotopic (exact) mass is 475 g/mol. The summed E-state index contributed by atoms with van der Waals surface area (Å²) in [5.74, 6) is -0.734.